The van der Waals surface area contributed by atoms with Crippen LogP contribution in [0.25, 0.3) is 0 Å². The topological polar surface area (TPSA) is 71.4 Å². The first-order valence-electron chi connectivity index (χ1n) is 7.57. The lowest BCUT2D eigenvalue weighted by atomic mass is 10.2. The van der Waals surface area contributed by atoms with Gasteiger partial charge in [0.25, 0.3) is 0 Å². The number of hydrazone groups is 1. The number of likely N-dealkylation sites (N-methyl/N-ethyl adjacent to an activating group) is 2. The van der Waals surface area contributed by atoms with E-state index in [-0.39, 0.29) is 24.1 Å². The monoisotopic (exact) mass is 333 g/mol. The Kier molecular flexibility index (Phi) is 4.08. The predicted molar refractivity (Wildman–Crippen MR) is 91.0 cm³/mol. The Hall–Kier alpha value is -2.35. The standard InChI is InChI=1S/C15H19N5O2S/c1-3-18-12-13(19(4-2)15(18)22)20(14(23)17-12)16-9-10-7-5-6-8-11(10)21/h5-9,12-13,21H,3-4H2,1-2H3,(H,17,23)/b16-9-/t12-,13-/m1/s1. The van der Waals surface area contributed by atoms with Crippen LogP contribution in [0.5, 0.6) is 5.75 Å². The third kappa shape index (κ3) is 2.48. The van der Waals surface area contributed by atoms with E-state index in [0.717, 1.165) is 0 Å². The minimum atomic E-state index is -0.276. The molecule has 1 aromatic carbocycles. The van der Waals surface area contributed by atoms with Crippen molar-refractivity contribution in [3.63, 3.8) is 0 Å². The van der Waals surface area contributed by atoms with Gasteiger partial charge in [-0.15, -0.1) is 0 Å². The number of thiocarbonyl (C=S) groups is 1. The number of carbonyl (C=O) groups is 1. The summed E-state index contributed by atoms with van der Waals surface area (Å²) in [4.78, 5) is 15.9. The number of fused-ring (bicyclic) bond motifs is 1. The van der Waals surface area contributed by atoms with Crippen molar-refractivity contribution in [2.75, 3.05) is 13.1 Å². The van der Waals surface area contributed by atoms with Crippen LogP contribution in [0.15, 0.2) is 29.4 Å². The molecule has 0 spiro atoms. The molecule has 0 aromatic heterocycles. The Balaban J connectivity index is 1.89. The third-order valence-corrected chi connectivity index (χ3v) is 4.40. The quantitative estimate of drug-likeness (QED) is 0.643. The van der Waals surface area contributed by atoms with Crippen molar-refractivity contribution in [3.8, 4) is 5.75 Å². The molecule has 3 rings (SSSR count). The number of nitrogens with one attached hydrogen (secondary N) is 1. The smallest absolute Gasteiger partial charge is 0.323 e. The SMILES string of the molecule is CCN1C(=O)N(CC)[C@H]2NC(=S)N(/N=C\c3ccccc3O)[C@H]21. The molecule has 23 heavy (non-hydrogen) atoms. The molecule has 0 aliphatic carbocycles. The molecule has 2 heterocycles. The second-order valence-electron chi connectivity index (χ2n) is 5.31. The number of rotatable bonds is 4. The lowest BCUT2D eigenvalue weighted by Crippen LogP contribution is -2.43. The van der Waals surface area contributed by atoms with Crippen molar-refractivity contribution in [2.24, 2.45) is 5.10 Å². The van der Waals surface area contributed by atoms with E-state index in [9.17, 15) is 9.90 Å². The van der Waals surface area contributed by atoms with E-state index in [1.807, 2.05) is 19.9 Å². The van der Waals surface area contributed by atoms with E-state index in [4.69, 9.17) is 12.2 Å². The Labute approximate surface area is 140 Å². The van der Waals surface area contributed by atoms with Gasteiger partial charge in [-0.1, -0.05) is 12.1 Å². The van der Waals surface area contributed by atoms with Gasteiger partial charge in [-0.3, -0.25) is 4.90 Å². The number of aromatic hydroxyl groups is 1. The van der Waals surface area contributed by atoms with Crippen LogP contribution >= 0.6 is 12.2 Å². The molecular weight excluding hydrogens is 314 g/mol. The molecule has 8 heteroatoms. The van der Waals surface area contributed by atoms with Crippen molar-refractivity contribution in [1.29, 1.82) is 0 Å². The Bertz CT molecular complexity index is 665. The molecule has 122 valence electrons. The molecule has 2 saturated heterocycles. The molecule has 2 atom stereocenters. The highest BCUT2D eigenvalue weighted by Crippen LogP contribution is 2.29. The molecule has 2 fully saturated rings. The first-order chi connectivity index (χ1) is 11.1. The fourth-order valence-electron chi connectivity index (χ4n) is 2.96. The maximum atomic E-state index is 12.4. The number of carbonyl (C=O) groups excluding carboxylic acids is 1. The van der Waals surface area contributed by atoms with Crippen LogP contribution in [0.4, 0.5) is 4.79 Å². The fraction of sp³-hybridized carbons (Fsp3) is 0.400. The van der Waals surface area contributed by atoms with Gasteiger partial charge in [0.2, 0.25) is 0 Å². The van der Waals surface area contributed by atoms with Crippen molar-refractivity contribution < 1.29 is 9.90 Å². The fourth-order valence-corrected chi connectivity index (χ4v) is 3.23. The van der Waals surface area contributed by atoms with Gasteiger partial charge in [-0.2, -0.15) is 5.10 Å². The summed E-state index contributed by atoms with van der Waals surface area (Å²) in [6.45, 7) is 5.04. The zero-order chi connectivity index (χ0) is 16.6. The summed E-state index contributed by atoms with van der Waals surface area (Å²) in [7, 11) is 0. The minimum Gasteiger partial charge on any atom is -0.507 e. The highest BCUT2D eigenvalue weighted by atomic mass is 32.1. The minimum absolute atomic E-state index is 0.0252. The molecule has 2 N–H and O–H groups in total. The normalized spacial score (nSPS) is 23.8. The molecule has 2 aliphatic heterocycles. The number of benzene rings is 1. The van der Waals surface area contributed by atoms with Gasteiger partial charge < -0.3 is 15.3 Å². The van der Waals surface area contributed by atoms with Gasteiger partial charge in [0.15, 0.2) is 11.3 Å². The summed E-state index contributed by atoms with van der Waals surface area (Å²) in [5, 5.41) is 19.5. The van der Waals surface area contributed by atoms with Gasteiger partial charge in [0.1, 0.15) is 11.9 Å². The molecule has 7 nitrogen and oxygen atoms in total. The van der Waals surface area contributed by atoms with E-state index in [1.165, 1.54) is 0 Å². The molecule has 1 aromatic rings. The number of urea groups is 1. The predicted octanol–water partition coefficient (Wildman–Crippen LogP) is 1.35. The Morgan fingerprint density at radius 1 is 1.30 bits per heavy atom. The van der Waals surface area contributed by atoms with Gasteiger partial charge in [0, 0.05) is 18.7 Å². The summed E-state index contributed by atoms with van der Waals surface area (Å²) < 4.78 is 0. The Morgan fingerprint density at radius 2 is 2.00 bits per heavy atom. The van der Waals surface area contributed by atoms with Crippen LogP contribution in [0, 0.1) is 0 Å². The summed E-state index contributed by atoms with van der Waals surface area (Å²) in [5.41, 5.74) is 0.596. The first kappa shape index (κ1) is 15.5. The number of phenolic OH excluding ortho intramolecular Hbond substituents is 1. The van der Waals surface area contributed by atoms with Gasteiger partial charge in [-0.05, 0) is 38.2 Å². The van der Waals surface area contributed by atoms with E-state index in [0.29, 0.717) is 23.8 Å². The van der Waals surface area contributed by atoms with Crippen LogP contribution < -0.4 is 5.32 Å². The molecule has 0 saturated carbocycles. The van der Waals surface area contributed by atoms with Gasteiger partial charge in [-0.25, -0.2) is 9.80 Å². The van der Waals surface area contributed by atoms with E-state index in [1.54, 1.807) is 39.2 Å². The van der Waals surface area contributed by atoms with Crippen LogP contribution in [0.1, 0.15) is 19.4 Å². The van der Waals surface area contributed by atoms with Crippen molar-refractivity contribution in [1.82, 2.24) is 20.1 Å². The van der Waals surface area contributed by atoms with Crippen molar-refractivity contribution in [2.45, 2.75) is 26.2 Å². The number of para-hydroxylation sites is 1. The first-order valence-corrected chi connectivity index (χ1v) is 7.98. The average molecular weight is 333 g/mol. The van der Waals surface area contributed by atoms with Crippen molar-refractivity contribution >= 4 is 29.6 Å². The summed E-state index contributed by atoms with van der Waals surface area (Å²) in [6, 6.07) is 6.90. The highest BCUT2D eigenvalue weighted by Gasteiger charge is 2.53. The molecule has 0 unspecified atom stereocenters. The zero-order valence-electron chi connectivity index (χ0n) is 13.0. The number of nitrogens with zero attached hydrogens (tertiary/aromatic N) is 4. The van der Waals surface area contributed by atoms with Crippen LogP contribution in [0.2, 0.25) is 0 Å². The molecular formula is C15H19N5O2S. The molecule has 2 aliphatic rings. The lowest BCUT2D eigenvalue weighted by Gasteiger charge is -2.25. The molecule has 0 radical (unpaired) electrons. The average Bonchev–Trinajstić information content (AvgIpc) is 2.98. The summed E-state index contributed by atoms with van der Waals surface area (Å²) in [6.07, 6.45) is 1.07. The molecule has 2 amide bonds. The number of phenols is 1. The van der Waals surface area contributed by atoms with Crippen LogP contribution in [-0.2, 0) is 0 Å². The second kappa shape index (κ2) is 6.04. The molecule has 0 bridgehead atoms. The van der Waals surface area contributed by atoms with E-state index < -0.39 is 0 Å². The van der Waals surface area contributed by atoms with Gasteiger partial charge >= 0.3 is 6.03 Å². The maximum absolute atomic E-state index is 12.4. The number of hydrogen-bond donors (Lipinski definition) is 2. The van der Waals surface area contributed by atoms with E-state index >= 15 is 0 Å². The highest BCUT2D eigenvalue weighted by molar-refractivity contribution is 7.80. The lowest BCUT2D eigenvalue weighted by molar-refractivity contribution is 0.157. The Morgan fingerprint density at radius 3 is 2.65 bits per heavy atom. The van der Waals surface area contributed by atoms with Crippen molar-refractivity contribution in [3.05, 3.63) is 29.8 Å². The largest absolute Gasteiger partial charge is 0.507 e. The van der Waals surface area contributed by atoms with Crippen LogP contribution in [0.3, 0.4) is 0 Å². The number of amides is 2. The second-order valence-corrected chi connectivity index (χ2v) is 5.70. The van der Waals surface area contributed by atoms with Gasteiger partial charge in [0.05, 0.1) is 6.21 Å². The summed E-state index contributed by atoms with van der Waals surface area (Å²) in [5.74, 6) is 0.149. The van der Waals surface area contributed by atoms with E-state index in [2.05, 4.69) is 10.4 Å². The summed E-state index contributed by atoms with van der Waals surface area (Å²) >= 11 is 5.36. The maximum Gasteiger partial charge on any atom is 0.323 e. The number of hydrogen-bond acceptors (Lipinski definition) is 4. The third-order valence-electron chi connectivity index (χ3n) is 4.10. The zero-order valence-corrected chi connectivity index (χ0v) is 13.8. The van der Waals surface area contributed by atoms with Crippen LogP contribution in [-0.4, -0.2) is 62.7 Å².